The molecule has 0 aliphatic carbocycles. The van der Waals surface area contributed by atoms with Crippen LogP contribution in [0.5, 0.6) is 0 Å². The highest BCUT2D eigenvalue weighted by Crippen LogP contribution is 2.29. The van der Waals surface area contributed by atoms with E-state index in [-0.39, 0.29) is 17.9 Å². The number of anilines is 2. The standard InChI is InChI=1S/C27H34N6O2/c1-27(2,3)26(35)32-10-6-19(7-11-32)17-33-12-8-20-16-21(4-5-23(20)33)30-25-24-22(28-18-29-25)9-13-31(24)14-15-34/h4-5,8-9,12-13,16,18-19,34H,6-7,10-11,14-15,17H2,1-3H3,(H,28,29,30). The fraction of sp³-hybridized carbons (Fsp3) is 0.444. The summed E-state index contributed by atoms with van der Waals surface area (Å²) in [6, 6.07) is 10.5. The summed E-state index contributed by atoms with van der Waals surface area (Å²) < 4.78 is 4.30. The van der Waals surface area contributed by atoms with E-state index in [1.807, 2.05) is 42.5 Å². The van der Waals surface area contributed by atoms with Crippen molar-refractivity contribution in [3.05, 3.63) is 49.1 Å². The molecule has 2 N–H and O–H groups in total. The lowest BCUT2D eigenvalue weighted by atomic mass is 9.91. The first-order valence-electron chi connectivity index (χ1n) is 12.4. The third kappa shape index (κ3) is 4.75. The second-order valence-corrected chi connectivity index (χ2v) is 10.5. The van der Waals surface area contributed by atoms with Crippen molar-refractivity contribution in [1.29, 1.82) is 0 Å². The minimum absolute atomic E-state index is 0.0590. The Morgan fingerprint density at radius 1 is 1.09 bits per heavy atom. The predicted octanol–water partition coefficient (Wildman–Crippen LogP) is 4.41. The van der Waals surface area contributed by atoms with Gasteiger partial charge in [-0.3, -0.25) is 4.79 Å². The molecule has 0 bridgehead atoms. The minimum Gasteiger partial charge on any atom is -0.395 e. The molecule has 0 atom stereocenters. The van der Waals surface area contributed by atoms with Crippen LogP contribution in [0.4, 0.5) is 11.5 Å². The molecule has 0 radical (unpaired) electrons. The zero-order valence-electron chi connectivity index (χ0n) is 20.7. The van der Waals surface area contributed by atoms with Crippen LogP contribution in [0, 0.1) is 11.3 Å². The summed E-state index contributed by atoms with van der Waals surface area (Å²) in [5.74, 6) is 1.55. The molecule has 35 heavy (non-hydrogen) atoms. The van der Waals surface area contributed by atoms with E-state index in [0.29, 0.717) is 12.5 Å². The van der Waals surface area contributed by atoms with Gasteiger partial charge in [0.05, 0.1) is 12.1 Å². The molecule has 184 valence electrons. The maximum atomic E-state index is 12.6. The van der Waals surface area contributed by atoms with Crippen molar-refractivity contribution in [3.63, 3.8) is 0 Å². The number of carbonyl (C=O) groups excluding carboxylic acids is 1. The molecule has 4 aromatic rings. The van der Waals surface area contributed by atoms with Crippen LogP contribution in [-0.2, 0) is 17.9 Å². The molecule has 1 aliphatic rings. The minimum atomic E-state index is -0.311. The molecular formula is C27H34N6O2. The summed E-state index contributed by atoms with van der Waals surface area (Å²) in [6.45, 7) is 9.21. The summed E-state index contributed by atoms with van der Waals surface area (Å²) in [7, 11) is 0. The lowest BCUT2D eigenvalue weighted by Gasteiger charge is -2.36. The van der Waals surface area contributed by atoms with Crippen molar-refractivity contribution in [2.45, 2.75) is 46.7 Å². The molecule has 8 nitrogen and oxygen atoms in total. The number of likely N-dealkylation sites (tertiary alicyclic amines) is 1. The average Bonchev–Trinajstić information content (AvgIpc) is 3.43. The largest absolute Gasteiger partial charge is 0.395 e. The van der Waals surface area contributed by atoms with Crippen LogP contribution < -0.4 is 5.32 Å². The molecule has 5 rings (SSSR count). The van der Waals surface area contributed by atoms with E-state index < -0.39 is 0 Å². The van der Waals surface area contributed by atoms with Crippen molar-refractivity contribution in [3.8, 4) is 0 Å². The van der Waals surface area contributed by atoms with Crippen molar-refractivity contribution in [2.24, 2.45) is 11.3 Å². The van der Waals surface area contributed by atoms with Gasteiger partial charge in [0.15, 0.2) is 5.82 Å². The number of hydrogen-bond donors (Lipinski definition) is 2. The molecule has 1 aliphatic heterocycles. The van der Waals surface area contributed by atoms with Gasteiger partial charge in [0, 0.05) is 60.6 Å². The van der Waals surface area contributed by atoms with Gasteiger partial charge in [0.25, 0.3) is 0 Å². The maximum Gasteiger partial charge on any atom is 0.227 e. The van der Waals surface area contributed by atoms with E-state index in [9.17, 15) is 9.90 Å². The van der Waals surface area contributed by atoms with Crippen LogP contribution in [0.1, 0.15) is 33.6 Å². The smallest absolute Gasteiger partial charge is 0.227 e. The van der Waals surface area contributed by atoms with E-state index >= 15 is 0 Å². The molecule has 1 amide bonds. The van der Waals surface area contributed by atoms with Crippen LogP contribution in [0.3, 0.4) is 0 Å². The number of amides is 1. The molecule has 4 heterocycles. The van der Waals surface area contributed by atoms with Crippen LogP contribution >= 0.6 is 0 Å². The number of fused-ring (bicyclic) bond motifs is 2. The summed E-state index contributed by atoms with van der Waals surface area (Å²) in [4.78, 5) is 23.4. The van der Waals surface area contributed by atoms with Gasteiger partial charge in [0.1, 0.15) is 11.8 Å². The summed E-state index contributed by atoms with van der Waals surface area (Å²) in [5, 5.41) is 14.0. The molecule has 3 aromatic heterocycles. The van der Waals surface area contributed by atoms with E-state index in [4.69, 9.17) is 0 Å². The Labute approximate surface area is 205 Å². The highest BCUT2D eigenvalue weighted by Gasteiger charge is 2.30. The molecule has 0 unspecified atom stereocenters. The van der Waals surface area contributed by atoms with Crippen molar-refractivity contribution in [2.75, 3.05) is 25.0 Å². The summed E-state index contributed by atoms with van der Waals surface area (Å²) in [5.41, 5.74) is 3.59. The fourth-order valence-corrected chi connectivity index (χ4v) is 5.06. The SMILES string of the molecule is CC(C)(C)C(=O)N1CCC(Cn2ccc3cc(Nc4ncnc5ccn(CCO)c45)ccc32)CC1. The summed E-state index contributed by atoms with van der Waals surface area (Å²) >= 11 is 0. The van der Waals surface area contributed by atoms with Gasteiger partial charge in [-0.15, -0.1) is 0 Å². The Balaban J connectivity index is 1.29. The highest BCUT2D eigenvalue weighted by molar-refractivity contribution is 5.90. The first-order chi connectivity index (χ1) is 16.8. The van der Waals surface area contributed by atoms with E-state index in [1.165, 1.54) is 10.9 Å². The third-order valence-electron chi connectivity index (χ3n) is 6.92. The number of benzene rings is 1. The molecule has 1 aromatic carbocycles. The monoisotopic (exact) mass is 474 g/mol. The van der Waals surface area contributed by atoms with Gasteiger partial charge in [-0.25, -0.2) is 9.97 Å². The number of rotatable bonds is 6. The Morgan fingerprint density at radius 3 is 2.60 bits per heavy atom. The van der Waals surface area contributed by atoms with Gasteiger partial charge in [0.2, 0.25) is 5.91 Å². The van der Waals surface area contributed by atoms with Gasteiger partial charge in [-0.2, -0.15) is 0 Å². The van der Waals surface area contributed by atoms with Crippen LogP contribution in [0.2, 0.25) is 0 Å². The predicted molar refractivity (Wildman–Crippen MR) is 139 cm³/mol. The first kappa shape index (κ1) is 23.4. The number of aliphatic hydroxyl groups is 1. The average molecular weight is 475 g/mol. The third-order valence-corrected chi connectivity index (χ3v) is 6.92. The second-order valence-electron chi connectivity index (χ2n) is 10.5. The van der Waals surface area contributed by atoms with Crippen LogP contribution in [0.15, 0.2) is 49.1 Å². The van der Waals surface area contributed by atoms with Crippen molar-refractivity contribution >= 4 is 39.3 Å². The van der Waals surface area contributed by atoms with Crippen molar-refractivity contribution < 1.29 is 9.90 Å². The number of carbonyl (C=O) groups is 1. The topological polar surface area (TPSA) is 88.2 Å². The molecule has 0 saturated carbocycles. The van der Waals surface area contributed by atoms with Gasteiger partial charge < -0.3 is 24.5 Å². The number of nitrogens with one attached hydrogen (secondary N) is 1. The number of aliphatic hydroxyl groups excluding tert-OH is 1. The normalized spacial score (nSPS) is 15.3. The Bertz CT molecular complexity index is 1340. The van der Waals surface area contributed by atoms with E-state index in [1.54, 1.807) is 6.33 Å². The second kappa shape index (κ2) is 9.34. The molecule has 8 heteroatoms. The zero-order valence-corrected chi connectivity index (χ0v) is 20.7. The van der Waals surface area contributed by atoms with Crippen molar-refractivity contribution in [1.82, 2.24) is 24.0 Å². The van der Waals surface area contributed by atoms with Gasteiger partial charge in [-0.1, -0.05) is 20.8 Å². The highest BCUT2D eigenvalue weighted by atomic mass is 16.3. The molecule has 0 spiro atoms. The number of piperidine rings is 1. The number of nitrogens with zero attached hydrogens (tertiary/aromatic N) is 5. The summed E-state index contributed by atoms with van der Waals surface area (Å²) in [6.07, 6.45) is 7.73. The lowest BCUT2D eigenvalue weighted by Crippen LogP contribution is -2.44. The van der Waals surface area contributed by atoms with E-state index in [2.05, 4.69) is 50.3 Å². The fourth-order valence-electron chi connectivity index (χ4n) is 5.06. The Hall–Kier alpha value is -3.39. The molecular weight excluding hydrogens is 440 g/mol. The number of aromatic nitrogens is 4. The Morgan fingerprint density at radius 2 is 1.86 bits per heavy atom. The molecule has 1 fully saturated rings. The van der Waals surface area contributed by atoms with E-state index in [0.717, 1.165) is 55.0 Å². The van der Waals surface area contributed by atoms with Gasteiger partial charge >= 0.3 is 0 Å². The maximum absolute atomic E-state index is 12.6. The zero-order chi connectivity index (χ0) is 24.6. The van der Waals surface area contributed by atoms with Crippen LogP contribution in [0.25, 0.3) is 21.9 Å². The quantitative estimate of drug-likeness (QED) is 0.432. The Kier molecular flexibility index (Phi) is 6.23. The lowest BCUT2D eigenvalue weighted by molar-refractivity contribution is -0.140. The van der Waals surface area contributed by atoms with Gasteiger partial charge in [-0.05, 0) is 49.1 Å². The number of hydrogen-bond acceptors (Lipinski definition) is 5. The van der Waals surface area contributed by atoms with Crippen LogP contribution in [-0.4, -0.2) is 54.7 Å². The molecule has 1 saturated heterocycles. The first-order valence-corrected chi connectivity index (χ1v) is 12.4.